The number of halogens is 3. The molecule has 10 heteroatoms. The lowest BCUT2D eigenvalue weighted by atomic mass is 10.0. The molecule has 1 fully saturated rings. The molecule has 2 N–H and O–H groups in total. The average molecular weight is 441 g/mol. The number of likely N-dealkylation sites (tertiary alicyclic amines) is 1. The van der Waals surface area contributed by atoms with Gasteiger partial charge in [0.1, 0.15) is 5.82 Å². The number of sulfone groups is 1. The quantitative estimate of drug-likeness (QED) is 0.718. The lowest BCUT2D eigenvalue weighted by Crippen LogP contribution is -2.45. The van der Waals surface area contributed by atoms with E-state index < -0.39 is 20.5 Å². The molecule has 0 unspecified atom stereocenters. The molecule has 0 saturated carbocycles. The van der Waals surface area contributed by atoms with Gasteiger partial charge in [0.2, 0.25) is 9.84 Å². The number of amides is 2. The molecule has 30 heavy (non-hydrogen) atoms. The normalized spacial score (nSPS) is 15.9. The number of nitrogens with zero attached hydrogens (tertiary/aromatic N) is 1. The number of carbonyl (C=O) groups is 1. The van der Waals surface area contributed by atoms with Crippen LogP contribution in [0.25, 0.3) is 0 Å². The Kier molecular flexibility index (Phi) is 6.99. The first-order valence-corrected chi connectivity index (χ1v) is 10.9. The second-order valence-electron chi connectivity index (χ2n) is 7.11. The van der Waals surface area contributed by atoms with Gasteiger partial charge in [0.25, 0.3) is 0 Å². The van der Waals surface area contributed by atoms with Crippen molar-refractivity contribution in [3.8, 4) is 0 Å². The summed E-state index contributed by atoms with van der Waals surface area (Å²) in [6.07, 6.45) is 1.46. The molecule has 6 nitrogen and oxygen atoms in total. The fourth-order valence-corrected chi connectivity index (χ4v) is 3.99. The second kappa shape index (κ2) is 9.48. The number of rotatable bonds is 6. The number of carbonyl (C=O) groups excluding carboxylic acids is 1. The van der Waals surface area contributed by atoms with Crippen LogP contribution in [0.1, 0.15) is 18.4 Å². The van der Waals surface area contributed by atoms with Crippen LogP contribution in [0, 0.1) is 5.82 Å². The SMILES string of the molecule is O=C(Nc1ccc(F)cc1)NC1CCN(Cc2ccc(S(=O)(=O)C(F)F)cc2)CC1. The van der Waals surface area contributed by atoms with Crippen LogP contribution < -0.4 is 10.6 Å². The summed E-state index contributed by atoms with van der Waals surface area (Å²) in [7, 11) is -4.58. The van der Waals surface area contributed by atoms with Crippen LogP contribution in [-0.4, -0.2) is 44.2 Å². The number of urea groups is 1. The first kappa shape index (κ1) is 22.1. The molecule has 0 aliphatic carbocycles. The van der Waals surface area contributed by atoms with Crippen molar-refractivity contribution in [2.75, 3.05) is 18.4 Å². The minimum Gasteiger partial charge on any atom is -0.335 e. The molecule has 1 heterocycles. The summed E-state index contributed by atoms with van der Waals surface area (Å²) < 4.78 is 61.0. The fraction of sp³-hybridized carbons (Fsp3) is 0.350. The third kappa shape index (κ3) is 5.73. The van der Waals surface area contributed by atoms with Crippen LogP contribution in [0.2, 0.25) is 0 Å². The van der Waals surface area contributed by atoms with Gasteiger partial charge < -0.3 is 10.6 Å². The smallest absolute Gasteiger partial charge is 0.335 e. The molecule has 1 saturated heterocycles. The van der Waals surface area contributed by atoms with Gasteiger partial charge in [-0.3, -0.25) is 4.90 Å². The highest BCUT2D eigenvalue weighted by atomic mass is 32.2. The Morgan fingerprint density at radius 3 is 2.20 bits per heavy atom. The average Bonchev–Trinajstić information content (AvgIpc) is 2.71. The van der Waals surface area contributed by atoms with E-state index in [1.807, 2.05) is 0 Å². The van der Waals surface area contributed by atoms with Crippen molar-refractivity contribution in [3.05, 3.63) is 59.9 Å². The standard InChI is InChI=1S/C20H22F3N3O3S/c21-15-3-5-16(6-4-15)24-20(27)25-17-9-11-26(12-10-17)13-14-1-7-18(8-2-14)30(28,29)19(22)23/h1-8,17,19H,9-13H2,(H2,24,25,27). The number of hydrogen-bond acceptors (Lipinski definition) is 4. The highest BCUT2D eigenvalue weighted by Crippen LogP contribution is 2.20. The Morgan fingerprint density at radius 2 is 1.63 bits per heavy atom. The van der Waals surface area contributed by atoms with Gasteiger partial charge >= 0.3 is 11.8 Å². The van der Waals surface area contributed by atoms with Crippen LogP contribution in [-0.2, 0) is 16.4 Å². The molecular weight excluding hydrogens is 419 g/mol. The summed E-state index contributed by atoms with van der Waals surface area (Å²) in [5.74, 6) is -3.81. The fourth-order valence-electron chi connectivity index (χ4n) is 3.27. The van der Waals surface area contributed by atoms with Crippen molar-refractivity contribution in [2.24, 2.45) is 0 Å². The summed E-state index contributed by atoms with van der Waals surface area (Å²) in [6.45, 7) is 2.00. The van der Waals surface area contributed by atoms with Crippen LogP contribution >= 0.6 is 0 Å². The molecule has 2 aromatic rings. The summed E-state index contributed by atoms with van der Waals surface area (Å²) >= 11 is 0. The van der Waals surface area contributed by atoms with Gasteiger partial charge in [-0.25, -0.2) is 17.6 Å². The van der Waals surface area contributed by atoms with E-state index in [4.69, 9.17) is 0 Å². The number of nitrogens with one attached hydrogen (secondary N) is 2. The van der Waals surface area contributed by atoms with E-state index in [0.717, 1.165) is 31.5 Å². The molecule has 0 spiro atoms. The van der Waals surface area contributed by atoms with E-state index in [1.165, 1.54) is 48.5 Å². The van der Waals surface area contributed by atoms with E-state index in [2.05, 4.69) is 15.5 Å². The van der Waals surface area contributed by atoms with E-state index in [-0.39, 0.29) is 17.9 Å². The highest BCUT2D eigenvalue weighted by molar-refractivity contribution is 7.91. The maximum Gasteiger partial charge on any atom is 0.341 e. The molecule has 3 rings (SSSR count). The molecule has 1 aliphatic heterocycles. The van der Waals surface area contributed by atoms with Crippen molar-refractivity contribution < 1.29 is 26.4 Å². The minimum atomic E-state index is -4.58. The summed E-state index contributed by atoms with van der Waals surface area (Å²) in [5.41, 5.74) is 1.33. The van der Waals surface area contributed by atoms with Gasteiger partial charge in [0.15, 0.2) is 0 Å². The third-order valence-electron chi connectivity index (χ3n) is 4.92. The van der Waals surface area contributed by atoms with Crippen molar-refractivity contribution in [3.63, 3.8) is 0 Å². The molecule has 1 aliphatic rings. The van der Waals surface area contributed by atoms with Crippen molar-refractivity contribution in [2.45, 2.75) is 36.1 Å². The maximum absolute atomic E-state index is 12.9. The van der Waals surface area contributed by atoms with Gasteiger partial charge in [-0.05, 0) is 54.8 Å². The zero-order valence-corrected chi connectivity index (χ0v) is 16.8. The van der Waals surface area contributed by atoms with Crippen molar-refractivity contribution in [1.29, 1.82) is 0 Å². The Hall–Kier alpha value is -2.59. The maximum atomic E-state index is 12.9. The lowest BCUT2D eigenvalue weighted by Gasteiger charge is -2.32. The molecule has 0 radical (unpaired) electrons. The Balaban J connectivity index is 1.45. The van der Waals surface area contributed by atoms with Crippen LogP contribution in [0.3, 0.4) is 0 Å². The number of benzene rings is 2. The monoisotopic (exact) mass is 441 g/mol. The predicted octanol–water partition coefficient (Wildman–Crippen LogP) is 3.61. The largest absolute Gasteiger partial charge is 0.341 e. The number of hydrogen-bond donors (Lipinski definition) is 2. The van der Waals surface area contributed by atoms with E-state index in [1.54, 1.807) is 0 Å². The van der Waals surface area contributed by atoms with Crippen molar-refractivity contribution >= 4 is 21.6 Å². The molecule has 162 valence electrons. The molecule has 0 aromatic heterocycles. The summed E-state index contributed by atoms with van der Waals surface area (Å²) in [4.78, 5) is 13.8. The second-order valence-corrected chi connectivity index (χ2v) is 9.02. The minimum absolute atomic E-state index is 0.000240. The first-order chi connectivity index (χ1) is 14.2. The Bertz CT molecular complexity index is 959. The van der Waals surface area contributed by atoms with E-state index >= 15 is 0 Å². The van der Waals surface area contributed by atoms with E-state index in [9.17, 15) is 26.4 Å². The number of piperidine rings is 1. The Morgan fingerprint density at radius 1 is 1.03 bits per heavy atom. The summed E-state index contributed by atoms with van der Waals surface area (Å²) in [5, 5.41) is 5.55. The first-order valence-electron chi connectivity index (χ1n) is 9.40. The van der Waals surface area contributed by atoms with Crippen LogP contribution in [0.15, 0.2) is 53.4 Å². The molecule has 2 amide bonds. The van der Waals surface area contributed by atoms with Crippen LogP contribution in [0.5, 0.6) is 0 Å². The highest BCUT2D eigenvalue weighted by Gasteiger charge is 2.26. The van der Waals surface area contributed by atoms with Crippen LogP contribution in [0.4, 0.5) is 23.7 Å². The number of anilines is 1. The number of alkyl halides is 2. The lowest BCUT2D eigenvalue weighted by molar-refractivity contribution is 0.190. The van der Waals surface area contributed by atoms with Gasteiger partial charge in [-0.2, -0.15) is 8.78 Å². The van der Waals surface area contributed by atoms with Gasteiger partial charge in [-0.15, -0.1) is 0 Å². The zero-order valence-electron chi connectivity index (χ0n) is 16.0. The third-order valence-corrected chi connectivity index (χ3v) is 6.32. The zero-order chi connectivity index (χ0) is 21.7. The predicted molar refractivity (Wildman–Crippen MR) is 106 cm³/mol. The van der Waals surface area contributed by atoms with E-state index in [0.29, 0.717) is 12.2 Å². The topological polar surface area (TPSA) is 78.5 Å². The van der Waals surface area contributed by atoms with Gasteiger partial charge in [0, 0.05) is 31.4 Å². The Labute approximate surface area is 173 Å². The molecule has 0 bridgehead atoms. The van der Waals surface area contributed by atoms with Crippen molar-refractivity contribution in [1.82, 2.24) is 10.2 Å². The van der Waals surface area contributed by atoms with Gasteiger partial charge in [-0.1, -0.05) is 12.1 Å². The molecule has 0 atom stereocenters. The van der Waals surface area contributed by atoms with Gasteiger partial charge in [0.05, 0.1) is 4.90 Å². The summed E-state index contributed by atoms with van der Waals surface area (Å²) in [6, 6.07) is 10.6. The molecular formula is C20H22F3N3O3S. The molecule has 2 aromatic carbocycles.